The van der Waals surface area contributed by atoms with E-state index in [2.05, 4.69) is 22.5 Å². The van der Waals surface area contributed by atoms with Crippen LogP contribution in [0.15, 0.2) is 52.3 Å². The number of likely N-dealkylation sites (tertiary alicyclic amines) is 1. The molecule has 156 valence electrons. The van der Waals surface area contributed by atoms with Crippen LogP contribution in [0.4, 0.5) is 10.1 Å². The van der Waals surface area contributed by atoms with E-state index in [1.165, 1.54) is 30.3 Å². The first-order valence-corrected chi connectivity index (χ1v) is 11.0. The summed E-state index contributed by atoms with van der Waals surface area (Å²) in [5, 5.41) is 5.89. The lowest BCUT2D eigenvalue weighted by Gasteiger charge is -2.23. The van der Waals surface area contributed by atoms with Crippen molar-refractivity contribution in [1.29, 1.82) is 0 Å². The molecule has 0 aromatic heterocycles. The molecule has 0 aliphatic carbocycles. The zero-order chi connectivity index (χ0) is 21.1. The maximum Gasteiger partial charge on any atom is 0.262 e. The Kier molecular flexibility index (Phi) is 6.20. The van der Waals surface area contributed by atoms with E-state index in [4.69, 9.17) is 0 Å². The number of hydrogen-bond acceptors (Lipinski definition) is 4. The van der Waals surface area contributed by atoms with Gasteiger partial charge in [-0.2, -0.15) is 0 Å². The largest absolute Gasteiger partial charge is 0.350 e. The molecule has 0 radical (unpaired) electrons. The van der Waals surface area contributed by atoms with Gasteiger partial charge in [0.2, 0.25) is 0 Å². The van der Waals surface area contributed by atoms with Gasteiger partial charge in [0.25, 0.3) is 11.8 Å². The Morgan fingerprint density at radius 3 is 2.87 bits per heavy atom. The van der Waals surface area contributed by atoms with Gasteiger partial charge in [-0.15, -0.1) is 0 Å². The molecule has 2 aliphatic rings. The molecule has 2 aromatic rings. The molecule has 2 N–H and O–H groups in total. The second-order valence-corrected chi connectivity index (χ2v) is 8.55. The first kappa shape index (κ1) is 20.6. The van der Waals surface area contributed by atoms with Crippen LogP contribution in [0.5, 0.6) is 0 Å². The van der Waals surface area contributed by atoms with Gasteiger partial charge in [-0.05, 0) is 67.9 Å². The number of amides is 2. The van der Waals surface area contributed by atoms with Gasteiger partial charge in [-0.3, -0.25) is 14.5 Å². The van der Waals surface area contributed by atoms with E-state index in [9.17, 15) is 14.0 Å². The van der Waals surface area contributed by atoms with Crippen LogP contribution >= 0.6 is 11.8 Å². The van der Waals surface area contributed by atoms with Crippen molar-refractivity contribution in [2.75, 3.05) is 25.0 Å². The van der Waals surface area contributed by atoms with Gasteiger partial charge in [0.1, 0.15) is 5.82 Å². The minimum atomic E-state index is -0.315. The lowest BCUT2D eigenvalue weighted by Crippen LogP contribution is -2.40. The zero-order valence-corrected chi connectivity index (χ0v) is 17.6. The van der Waals surface area contributed by atoms with Crippen molar-refractivity contribution in [1.82, 2.24) is 10.2 Å². The van der Waals surface area contributed by atoms with E-state index in [-0.39, 0.29) is 17.6 Å². The Morgan fingerprint density at radius 2 is 2.10 bits per heavy atom. The quantitative estimate of drug-likeness (QED) is 0.708. The number of carbonyl (C=O) groups is 2. The molecule has 2 heterocycles. The molecule has 0 spiro atoms. The summed E-state index contributed by atoms with van der Waals surface area (Å²) in [6, 6.07) is 11.7. The Labute approximate surface area is 179 Å². The predicted octanol–water partition coefficient (Wildman–Crippen LogP) is 4.13. The molecule has 7 heteroatoms. The van der Waals surface area contributed by atoms with Crippen molar-refractivity contribution in [3.05, 3.63) is 64.3 Å². The van der Waals surface area contributed by atoms with E-state index in [1.54, 1.807) is 30.3 Å². The van der Waals surface area contributed by atoms with Crippen LogP contribution in [-0.4, -0.2) is 42.4 Å². The topological polar surface area (TPSA) is 61.4 Å². The van der Waals surface area contributed by atoms with Gasteiger partial charge in [-0.25, -0.2) is 4.39 Å². The summed E-state index contributed by atoms with van der Waals surface area (Å²) in [6.45, 7) is 4.86. The van der Waals surface area contributed by atoms with Gasteiger partial charge < -0.3 is 10.6 Å². The standard InChI is InChI=1S/C23H24FN3O2S/c1-2-27-11-3-4-18(27)14-25-22(28)16-7-10-20-19(13-16)26-23(29)21(30-20)12-15-5-8-17(24)9-6-15/h5-10,12-13,18H,2-4,11,14H2,1H3,(H,25,28)(H,26,29)/b21-12-. The number of anilines is 1. The summed E-state index contributed by atoms with van der Waals surface area (Å²) in [7, 11) is 0. The van der Waals surface area contributed by atoms with Crippen molar-refractivity contribution in [3.8, 4) is 0 Å². The van der Waals surface area contributed by atoms with Crippen LogP contribution in [0, 0.1) is 5.82 Å². The van der Waals surface area contributed by atoms with E-state index < -0.39 is 0 Å². The average Bonchev–Trinajstić information content (AvgIpc) is 3.21. The van der Waals surface area contributed by atoms with Crippen LogP contribution in [0.3, 0.4) is 0 Å². The summed E-state index contributed by atoms with van der Waals surface area (Å²) in [5.74, 6) is -0.684. The van der Waals surface area contributed by atoms with Gasteiger partial charge in [0.15, 0.2) is 0 Å². The fraction of sp³-hybridized carbons (Fsp3) is 0.304. The zero-order valence-electron chi connectivity index (χ0n) is 16.8. The maximum atomic E-state index is 13.1. The molecule has 1 fully saturated rings. The first-order valence-electron chi connectivity index (χ1n) is 10.2. The van der Waals surface area contributed by atoms with Crippen molar-refractivity contribution >= 4 is 35.3 Å². The monoisotopic (exact) mass is 425 g/mol. The first-order chi connectivity index (χ1) is 14.5. The molecule has 5 nitrogen and oxygen atoms in total. The Hall–Kier alpha value is -2.64. The molecule has 1 unspecified atom stereocenters. The SMILES string of the molecule is CCN1CCCC1CNC(=O)c1ccc2c(c1)NC(=O)/C(=C/c1ccc(F)cc1)S2. The number of nitrogens with one attached hydrogen (secondary N) is 2. The highest BCUT2D eigenvalue weighted by atomic mass is 32.2. The number of nitrogens with zero attached hydrogens (tertiary/aromatic N) is 1. The van der Waals surface area contributed by atoms with Gasteiger partial charge in [0.05, 0.1) is 10.6 Å². The summed E-state index contributed by atoms with van der Waals surface area (Å²) in [5.41, 5.74) is 1.91. The van der Waals surface area contributed by atoms with Crippen LogP contribution in [0.25, 0.3) is 6.08 Å². The molecule has 1 saturated heterocycles. The molecule has 2 amide bonds. The number of carbonyl (C=O) groups excluding carboxylic acids is 2. The minimum absolute atomic E-state index is 0.132. The van der Waals surface area contributed by atoms with Crippen LogP contribution in [0.2, 0.25) is 0 Å². The maximum absolute atomic E-state index is 13.1. The molecule has 0 saturated carbocycles. The molecule has 30 heavy (non-hydrogen) atoms. The highest BCUT2D eigenvalue weighted by Crippen LogP contribution is 2.39. The molecular formula is C23H24FN3O2S. The van der Waals surface area contributed by atoms with E-state index in [0.29, 0.717) is 28.7 Å². The second-order valence-electron chi connectivity index (χ2n) is 7.46. The second kappa shape index (κ2) is 9.02. The Balaban J connectivity index is 1.44. The predicted molar refractivity (Wildman–Crippen MR) is 118 cm³/mol. The molecule has 2 aliphatic heterocycles. The lowest BCUT2D eigenvalue weighted by molar-refractivity contribution is -0.112. The number of likely N-dealkylation sites (N-methyl/N-ethyl adjacent to an activating group) is 1. The third-order valence-electron chi connectivity index (χ3n) is 5.50. The van der Waals surface area contributed by atoms with Crippen molar-refractivity contribution in [2.45, 2.75) is 30.7 Å². The lowest BCUT2D eigenvalue weighted by atomic mass is 10.1. The summed E-state index contributed by atoms with van der Waals surface area (Å²) < 4.78 is 13.1. The minimum Gasteiger partial charge on any atom is -0.350 e. The number of thioether (sulfide) groups is 1. The van der Waals surface area contributed by atoms with Gasteiger partial charge in [-0.1, -0.05) is 30.8 Å². The van der Waals surface area contributed by atoms with E-state index in [1.807, 2.05) is 6.07 Å². The number of benzene rings is 2. The number of hydrogen-bond donors (Lipinski definition) is 2. The van der Waals surface area contributed by atoms with E-state index in [0.717, 1.165) is 30.0 Å². The van der Waals surface area contributed by atoms with Gasteiger partial charge in [0, 0.05) is 23.0 Å². The van der Waals surface area contributed by atoms with Crippen molar-refractivity contribution in [3.63, 3.8) is 0 Å². The highest BCUT2D eigenvalue weighted by Gasteiger charge is 2.25. The molecule has 1 atom stereocenters. The molecule has 4 rings (SSSR count). The van der Waals surface area contributed by atoms with Crippen molar-refractivity contribution in [2.24, 2.45) is 0 Å². The van der Waals surface area contributed by atoms with E-state index >= 15 is 0 Å². The average molecular weight is 426 g/mol. The highest BCUT2D eigenvalue weighted by molar-refractivity contribution is 8.04. The summed E-state index contributed by atoms with van der Waals surface area (Å²) >= 11 is 1.34. The fourth-order valence-corrected chi connectivity index (χ4v) is 4.80. The van der Waals surface area contributed by atoms with Crippen LogP contribution < -0.4 is 10.6 Å². The molecule has 0 bridgehead atoms. The fourth-order valence-electron chi connectivity index (χ4n) is 3.87. The number of fused-ring (bicyclic) bond motifs is 1. The third-order valence-corrected chi connectivity index (χ3v) is 6.60. The Morgan fingerprint density at radius 1 is 1.30 bits per heavy atom. The van der Waals surface area contributed by atoms with Crippen molar-refractivity contribution < 1.29 is 14.0 Å². The van der Waals surface area contributed by atoms with Crippen LogP contribution in [0.1, 0.15) is 35.7 Å². The molecule has 2 aromatic carbocycles. The normalized spacial score (nSPS) is 20.1. The number of halogens is 1. The smallest absolute Gasteiger partial charge is 0.262 e. The van der Waals surface area contributed by atoms with Crippen LogP contribution in [-0.2, 0) is 4.79 Å². The molecular weight excluding hydrogens is 401 g/mol. The third kappa shape index (κ3) is 4.57. The Bertz CT molecular complexity index is 990. The number of rotatable bonds is 5. The van der Waals surface area contributed by atoms with Gasteiger partial charge >= 0.3 is 0 Å². The summed E-state index contributed by atoms with van der Waals surface area (Å²) in [4.78, 5) is 28.9. The summed E-state index contributed by atoms with van der Waals surface area (Å²) in [6.07, 6.45) is 4.00.